The number of anilines is 2. The Balaban J connectivity index is 1.63. The molecule has 1 aromatic rings. The first-order chi connectivity index (χ1) is 10.7. The highest BCUT2D eigenvalue weighted by Crippen LogP contribution is 2.25. The minimum Gasteiger partial charge on any atom is -0.381 e. The standard InChI is InChI=1S/C17H28N4O/c1-13-5-4-8-21(11-13)17-10-16(18-12-19-17)20-14-6-3-7-15(9-14)22-2/h10,12-15H,3-9,11H2,1-2H3,(H,18,19,20). The molecule has 22 heavy (non-hydrogen) atoms. The first-order valence-electron chi connectivity index (χ1n) is 8.61. The summed E-state index contributed by atoms with van der Waals surface area (Å²) in [5, 5.41) is 3.58. The van der Waals surface area contributed by atoms with E-state index in [1.54, 1.807) is 6.33 Å². The zero-order chi connectivity index (χ0) is 15.4. The molecule has 1 aliphatic heterocycles. The van der Waals surface area contributed by atoms with Gasteiger partial charge in [-0.15, -0.1) is 0 Å². The van der Waals surface area contributed by atoms with E-state index >= 15 is 0 Å². The Kier molecular flexibility index (Phi) is 5.13. The van der Waals surface area contributed by atoms with Gasteiger partial charge in [-0.2, -0.15) is 0 Å². The van der Waals surface area contributed by atoms with Crippen molar-refractivity contribution < 1.29 is 4.74 Å². The van der Waals surface area contributed by atoms with Crippen molar-refractivity contribution in [2.45, 2.75) is 57.6 Å². The van der Waals surface area contributed by atoms with E-state index in [9.17, 15) is 0 Å². The molecule has 1 saturated heterocycles. The Morgan fingerprint density at radius 3 is 2.95 bits per heavy atom. The molecule has 2 aliphatic rings. The van der Waals surface area contributed by atoms with Crippen molar-refractivity contribution in [2.24, 2.45) is 5.92 Å². The summed E-state index contributed by atoms with van der Waals surface area (Å²) in [5.41, 5.74) is 0. The molecular formula is C17H28N4O. The van der Waals surface area contributed by atoms with Crippen LogP contribution in [-0.2, 0) is 4.74 Å². The number of hydrogen-bond acceptors (Lipinski definition) is 5. The van der Waals surface area contributed by atoms with Gasteiger partial charge in [-0.05, 0) is 44.4 Å². The van der Waals surface area contributed by atoms with E-state index in [1.807, 2.05) is 7.11 Å². The Labute approximate surface area is 133 Å². The molecule has 0 bridgehead atoms. The molecule has 1 aliphatic carbocycles. The second-order valence-electron chi connectivity index (χ2n) is 6.82. The van der Waals surface area contributed by atoms with Crippen molar-refractivity contribution in [3.05, 3.63) is 12.4 Å². The highest BCUT2D eigenvalue weighted by Gasteiger charge is 2.22. The summed E-state index contributed by atoms with van der Waals surface area (Å²) in [6.07, 6.45) is 9.31. The summed E-state index contributed by atoms with van der Waals surface area (Å²) in [5.74, 6) is 2.76. The van der Waals surface area contributed by atoms with Gasteiger partial charge in [0.2, 0.25) is 0 Å². The lowest BCUT2D eigenvalue weighted by Crippen LogP contribution is -2.35. The number of hydrogen-bond donors (Lipinski definition) is 1. The molecule has 2 fully saturated rings. The zero-order valence-corrected chi connectivity index (χ0v) is 13.8. The van der Waals surface area contributed by atoms with Gasteiger partial charge in [0.1, 0.15) is 18.0 Å². The number of methoxy groups -OCH3 is 1. The largest absolute Gasteiger partial charge is 0.381 e. The molecule has 122 valence electrons. The number of piperidine rings is 1. The fourth-order valence-corrected chi connectivity index (χ4v) is 3.70. The van der Waals surface area contributed by atoms with E-state index < -0.39 is 0 Å². The third-order valence-electron chi connectivity index (χ3n) is 4.95. The van der Waals surface area contributed by atoms with Crippen molar-refractivity contribution in [3.8, 4) is 0 Å². The molecule has 5 nitrogen and oxygen atoms in total. The van der Waals surface area contributed by atoms with Crippen LogP contribution in [0.3, 0.4) is 0 Å². The van der Waals surface area contributed by atoms with Gasteiger partial charge in [0.25, 0.3) is 0 Å². The smallest absolute Gasteiger partial charge is 0.134 e. The molecule has 3 atom stereocenters. The molecule has 3 unspecified atom stereocenters. The molecule has 2 heterocycles. The van der Waals surface area contributed by atoms with Crippen molar-refractivity contribution in [3.63, 3.8) is 0 Å². The molecule has 5 heteroatoms. The predicted octanol–water partition coefficient (Wildman–Crippen LogP) is 3.08. The van der Waals surface area contributed by atoms with Gasteiger partial charge in [-0.25, -0.2) is 9.97 Å². The van der Waals surface area contributed by atoms with Crippen LogP contribution in [0, 0.1) is 5.92 Å². The molecule has 0 aromatic carbocycles. The van der Waals surface area contributed by atoms with Gasteiger partial charge >= 0.3 is 0 Å². The molecule has 0 radical (unpaired) electrons. The van der Waals surface area contributed by atoms with Crippen LogP contribution in [0.4, 0.5) is 11.6 Å². The number of ether oxygens (including phenoxy) is 1. The van der Waals surface area contributed by atoms with Crippen LogP contribution in [0.2, 0.25) is 0 Å². The first-order valence-corrected chi connectivity index (χ1v) is 8.61. The molecule has 1 N–H and O–H groups in total. The summed E-state index contributed by atoms with van der Waals surface area (Å²) < 4.78 is 5.51. The predicted molar refractivity (Wildman–Crippen MR) is 89.3 cm³/mol. The van der Waals surface area contributed by atoms with E-state index in [-0.39, 0.29) is 0 Å². The molecular weight excluding hydrogens is 276 g/mol. The molecule has 3 rings (SSSR count). The van der Waals surface area contributed by atoms with Crippen LogP contribution in [0.5, 0.6) is 0 Å². The fourth-order valence-electron chi connectivity index (χ4n) is 3.70. The molecule has 1 saturated carbocycles. The number of nitrogens with one attached hydrogen (secondary N) is 1. The zero-order valence-electron chi connectivity index (χ0n) is 13.8. The number of aromatic nitrogens is 2. The maximum absolute atomic E-state index is 5.51. The Hall–Kier alpha value is -1.36. The lowest BCUT2D eigenvalue weighted by Gasteiger charge is -2.32. The van der Waals surface area contributed by atoms with Crippen molar-refractivity contribution in [1.29, 1.82) is 0 Å². The van der Waals surface area contributed by atoms with Crippen LogP contribution in [0.1, 0.15) is 45.4 Å². The normalized spacial score (nSPS) is 29.4. The van der Waals surface area contributed by atoms with Gasteiger partial charge in [-0.1, -0.05) is 6.92 Å². The average molecular weight is 304 g/mol. The molecule has 0 spiro atoms. The van der Waals surface area contributed by atoms with Crippen LogP contribution >= 0.6 is 0 Å². The fraction of sp³-hybridized carbons (Fsp3) is 0.765. The Morgan fingerprint density at radius 1 is 1.23 bits per heavy atom. The van der Waals surface area contributed by atoms with E-state index in [0.717, 1.165) is 37.1 Å². The first kappa shape index (κ1) is 15.5. The summed E-state index contributed by atoms with van der Waals surface area (Å²) in [4.78, 5) is 11.3. The average Bonchev–Trinajstić information content (AvgIpc) is 2.55. The van der Waals surface area contributed by atoms with Gasteiger partial charge in [0, 0.05) is 32.3 Å². The van der Waals surface area contributed by atoms with Crippen LogP contribution < -0.4 is 10.2 Å². The third-order valence-corrected chi connectivity index (χ3v) is 4.95. The van der Waals surface area contributed by atoms with Gasteiger partial charge < -0.3 is 15.0 Å². The second kappa shape index (κ2) is 7.27. The summed E-state index contributed by atoms with van der Waals surface area (Å²) in [6.45, 7) is 4.53. The van der Waals surface area contributed by atoms with E-state index in [1.165, 1.54) is 32.1 Å². The Bertz CT molecular complexity index is 481. The number of rotatable bonds is 4. The maximum Gasteiger partial charge on any atom is 0.134 e. The topological polar surface area (TPSA) is 50.3 Å². The minimum atomic E-state index is 0.385. The van der Waals surface area contributed by atoms with Gasteiger partial charge in [0.05, 0.1) is 6.10 Å². The van der Waals surface area contributed by atoms with Crippen molar-refractivity contribution >= 4 is 11.6 Å². The summed E-state index contributed by atoms with van der Waals surface area (Å²) in [6, 6.07) is 2.57. The highest BCUT2D eigenvalue weighted by molar-refractivity contribution is 5.49. The van der Waals surface area contributed by atoms with E-state index in [4.69, 9.17) is 4.74 Å². The summed E-state index contributed by atoms with van der Waals surface area (Å²) in [7, 11) is 1.81. The minimum absolute atomic E-state index is 0.385. The lowest BCUT2D eigenvalue weighted by atomic mass is 9.93. The SMILES string of the molecule is COC1CCCC(Nc2cc(N3CCCC(C)C3)ncn2)C1. The van der Waals surface area contributed by atoms with Gasteiger partial charge in [-0.3, -0.25) is 0 Å². The lowest BCUT2D eigenvalue weighted by molar-refractivity contribution is 0.0669. The van der Waals surface area contributed by atoms with Crippen LogP contribution in [-0.4, -0.2) is 42.3 Å². The van der Waals surface area contributed by atoms with Crippen molar-refractivity contribution in [2.75, 3.05) is 30.4 Å². The van der Waals surface area contributed by atoms with Crippen LogP contribution in [0.25, 0.3) is 0 Å². The monoisotopic (exact) mass is 304 g/mol. The Morgan fingerprint density at radius 2 is 2.14 bits per heavy atom. The van der Waals surface area contributed by atoms with Crippen molar-refractivity contribution in [1.82, 2.24) is 9.97 Å². The van der Waals surface area contributed by atoms with E-state index in [2.05, 4.69) is 33.2 Å². The van der Waals surface area contributed by atoms with Gasteiger partial charge in [0.15, 0.2) is 0 Å². The molecule has 0 amide bonds. The van der Waals surface area contributed by atoms with E-state index in [0.29, 0.717) is 12.1 Å². The molecule has 1 aromatic heterocycles. The summed E-state index contributed by atoms with van der Waals surface area (Å²) >= 11 is 0. The second-order valence-corrected chi connectivity index (χ2v) is 6.82. The quantitative estimate of drug-likeness (QED) is 0.926. The maximum atomic E-state index is 5.51. The van der Waals surface area contributed by atoms with Crippen LogP contribution in [0.15, 0.2) is 12.4 Å². The number of nitrogens with zero attached hydrogens (tertiary/aromatic N) is 3. The highest BCUT2D eigenvalue weighted by atomic mass is 16.5. The third kappa shape index (κ3) is 3.88.